The Morgan fingerprint density at radius 2 is 1.95 bits per heavy atom. The van der Waals surface area contributed by atoms with Crippen LogP contribution in [0.3, 0.4) is 0 Å². The summed E-state index contributed by atoms with van der Waals surface area (Å²) in [5.74, 6) is 0. The van der Waals surface area contributed by atoms with E-state index < -0.39 is 5.67 Å². The lowest BCUT2D eigenvalue weighted by molar-refractivity contribution is 0.0390. The fraction of sp³-hybridized carbons (Fsp3) is 0.533. The van der Waals surface area contributed by atoms with Crippen LogP contribution in [0.1, 0.15) is 31.7 Å². The lowest BCUT2D eigenvalue weighted by atomic mass is 9.91. The molecular weight excluding hydrogens is 245 g/mol. The number of carbonyl (C=O) groups is 1. The Balaban J connectivity index is 1.79. The largest absolute Gasteiger partial charge is 0.445 e. The predicted molar refractivity (Wildman–Crippen MR) is 71.6 cm³/mol. The second-order valence-corrected chi connectivity index (χ2v) is 5.03. The smallest absolute Gasteiger partial charge is 0.410 e. The zero-order valence-electron chi connectivity index (χ0n) is 11.3. The van der Waals surface area contributed by atoms with Crippen molar-refractivity contribution in [2.75, 3.05) is 13.1 Å². The van der Waals surface area contributed by atoms with Crippen molar-refractivity contribution in [2.24, 2.45) is 0 Å². The van der Waals surface area contributed by atoms with Crippen molar-refractivity contribution in [1.82, 2.24) is 4.90 Å². The molecule has 0 aromatic heterocycles. The molecule has 1 aromatic rings. The Kier molecular flexibility index (Phi) is 4.40. The molecule has 0 saturated carbocycles. The summed E-state index contributed by atoms with van der Waals surface area (Å²) in [5.41, 5.74) is -0.141. The van der Waals surface area contributed by atoms with E-state index in [1.54, 1.807) is 4.90 Å². The number of piperidine rings is 1. The van der Waals surface area contributed by atoms with E-state index in [1.165, 1.54) is 0 Å². The minimum Gasteiger partial charge on any atom is -0.445 e. The van der Waals surface area contributed by atoms with E-state index in [0.717, 1.165) is 5.56 Å². The number of nitrogens with zero attached hydrogens (tertiary/aromatic N) is 1. The molecule has 1 amide bonds. The highest BCUT2D eigenvalue weighted by Crippen LogP contribution is 2.29. The van der Waals surface area contributed by atoms with E-state index in [1.807, 2.05) is 37.3 Å². The number of alkyl halides is 1. The molecule has 1 heterocycles. The van der Waals surface area contributed by atoms with Gasteiger partial charge >= 0.3 is 6.09 Å². The second-order valence-electron chi connectivity index (χ2n) is 5.03. The van der Waals surface area contributed by atoms with Crippen LogP contribution in [-0.2, 0) is 11.3 Å². The third kappa shape index (κ3) is 3.69. The standard InChI is InChI=1S/C15H20FNO2/c1-2-15(16)8-10-17(11-9-15)14(18)19-12-13-6-4-3-5-7-13/h3-7H,2,8-12H2,1H3. The van der Waals surface area contributed by atoms with E-state index in [2.05, 4.69) is 0 Å². The Bertz CT molecular complexity index is 413. The van der Waals surface area contributed by atoms with Crippen molar-refractivity contribution in [3.05, 3.63) is 35.9 Å². The molecule has 2 rings (SSSR count). The monoisotopic (exact) mass is 265 g/mol. The molecule has 0 unspecified atom stereocenters. The molecule has 0 bridgehead atoms. The van der Waals surface area contributed by atoms with Gasteiger partial charge in [0.2, 0.25) is 0 Å². The Labute approximate surface area is 113 Å². The van der Waals surface area contributed by atoms with Crippen LogP contribution in [0.5, 0.6) is 0 Å². The number of rotatable bonds is 3. The number of hydrogen-bond acceptors (Lipinski definition) is 2. The van der Waals surface area contributed by atoms with Crippen molar-refractivity contribution in [1.29, 1.82) is 0 Å². The Hall–Kier alpha value is -1.58. The van der Waals surface area contributed by atoms with Crippen molar-refractivity contribution in [3.63, 3.8) is 0 Å². The number of ether oxygens (including phenoxy) is 1. The lowest BCUT2D eigenvalue weighted by Crippen LogP contribution is -2.44. The highest BCUT2D eigenvalue weighted by molar-refractivity contribution is 5.67. The maximum absolute atomic E-state index is 14.0. The molecule has 1 aliphatic rings. The first-order valence-corrected chi connectivity index (χ1v) is 6.77. The van der Waals surface area contributed by atoms with E-state index in [9.17, 15) is 9.18 Å². The molecular formula is C15H20FNO2. The molecule has 1 aliphatic heterocycles. The van der Waals surface area contributed by atoms with Crippen LogP contribution in [0, 0.1) is 0 Å². The van der Waals surface area contributed by atoms with Crippen LogP contribution in [0.4, 0.5) is 9.18 Å². The summed E-state index contributed by atoms with van der Waals surface area (Å²) < 4.78 is 19.2. The van der Waals surface area contributed by atoms with Crippen molar-refractivity contribution >= 4 is 6.09 Å². The number of likely N-dealkylation sites (tertiary alicyclic amines) is 1. The summed E-state index contributed by atoms with van der Waals surface area (Å²) in [6.07, 6.45) is 0.982. The summed E-state index contributed by atoms with van der Waals surface area (Å²) in [5, 5.41) is 0. The van der Waals surface area contributed by atoms with Crippen molar-refractivity contribution in [2.45, 2.75) is 38.5 Å². The summed E-state index contributed by atoms with van der Waals surface area (Å²) in [6, 6.07) is 9.55. The molecule has 0 N–H and O–H groups in total. The fourth-order valence-corrected chi connectivity index (χ4v) is 2.25. The molecule has 1 aromatic carbocycles. The van der Waals surface area contributed by atoms with Gasteiger partial charge in [0.05, 0.1) is 0 Å². The molecule has 0 spiro atoms. The summed E-state index contributed by atoms with van der Waals surface area (Å²) in [7, 11) is 0. The number of amides is 1. The minimum atomic E-state index is -1.10. The van der Waals surface area contributed by atoms with Gasteiger partial charge in [-0.15, -0.1) is 0 Å². The number of hydrogen-bond donors (Lipinski definition) is 0. The first-order valence-electron chi connectivity index (χ1n) is 6.77. The van der Waals surface area contributed by atoms with Crippen molar-refractivity contribution < 1.29 is 13.9 Å². The number of carbonyl (C=O) groups excluding carboxylic acids is 1. The van der Waals surface area contributed by atoms with Crippen LogP contribution in [0.15, 0.2) is 30.3 Å². The van der Waals surface area contributed by atoms with Gasteiger partial charge in [0.15, 0.2) is 0 Å². The van der Waals surface area contributed by atoms with Gasteiger partial charge in [-0.3, -0.25) is 0 Å². The van der Waals surface area contributed by atoms with Gasteiger partial charge in [-0.1, -0.05) is 37.3 Å². The Morgan fingerprint density at radius 3 is 2.53 bits per heavy atom. The predicted octanol–water partition coefficient (Wildman–Crippen LogP) is 3.54. The van der Waals surface area contributed by atoms with Crippen LogP contribution < -0.4 is 0 Å². The van der Waals surface area contributed by atoms with Crippen LogP contribution >= 0.6 is 0 Å². The van der Waals surface area contributed by atoms with Gasteiger partial charge in [0.25, 0.3) is 0 Å². The molecule has 4 heteroatoms. The zero-order valence-corrected chi connectivity index (χ0v) is 11.3. The molecule has 1 fully saturated rings. The molecule has 104 valence electrons. The molecule has 19 heavy (non-hydrogen) atoms. The van der Waals surface area contributed by atoms with Crippen molar-refractivity contribution in [3.8, 4) is 0 Å². The summed E-state index contributed by atoms with van der Waals surface area (Å²) >= 11 is 0. The van der Waals surface area contributed by atoms with Gasteiger partial charge in [0.1, 0.15) is 12.3 Å². The fourth-order valence-electron chi connectivity index (χ4n) is 2.25. The van der Waals surface area contributed by atoms with Crippen LogP contribution in [0.25, 0.3) is 0 Å². The first kappa shape index (κ1) is 13.8. The van der Waals surface area contributed by atoms with Gasteiger partial charge in [0, 0.05) is 13.1 Å². The van der Waals surface area contributed by atoms with E-state index >= 15 is 0 Å². The highest BCUT2D eigenvalue weighted by Gasteiger charge is 2.34. The van der Waals surface area contributed by atoms with E-state index in [0.29, 0.717) is 32.4 Å². The maximum atomic E-state index is 14.0. The SMILES string of the molecule is CCC1(F)CCN(C(=O)OCc2ccccc2)CC1. The molecule has 3 nitrogen and oxygen atoms in total. The molecule has 0 radical (unpaired) electrons. The average molecular weight is 265 g/mol. The molecule has 0 atom stereocenters. The average Bonchev–Trinajstić information content (AvgIpc) is 2.47. The quantitative estimate of drug-likeness (QED) is 0.836. The highest BCUT2D eigenvalue weighted by atomic mass is 19.1. The lowest BCUT2D eigenvalue weighted by Gasteiger charge is -2.35. The third-order valence-corrected chi connectivity index (χ3v) is 3.76. The molecule has 1 saturated heterocycles. The van der Waals surface area contributed by atoms with Crippen LogP contribution in [-0.4, -0.2) is 29.8 Å². The molecule has 0 aliphatic carbocycles. The first-order chi connectivity index (χ1) is 9.13. The summed E-state index contributed by atoms with van der Waals surface area (Å²) in [4.78, 5) is 13.4. The van der Waals surface area contributed by atoms with E-state index in [-0.39, 0.29) is 12.7 Å². The van der Waals surface area contributed by atoms with Gasteiger partial charge in [-0.2, -0.15) is 0 Å². The normalized spacial score (nSPS) is 18.1. The minimum absolute atomic E-state index is 0.269. The zero-order chi connectivity index (χ0) is 13.7. The second kappa shape index (κ2) is 6.04. The van der Waals surface area contributed by atoms with Gasteiger partial charge in [-0.25, -0.2) is 9.18 Å². The van der Waals surface area contributed by atoms with Gasteiger partial charge in [-0.05, 0) is 24.8 Å². The maximum Gasteiger partial charge on any atom is 0.410 e. The topological polar surface area (TPSA) is 29.5 Å². The Morgan fingerprint density at radius 1 is 1.32 bits per heavy atom. The third-order valence-electron chi connectivity index (χ3n) is 3.76. The van der Waals surface area contributed by atoms with Gasteiger partial charge < -0.3 is 9.64 Å². The summed E-state index contributed by atoms with van der Waals surface area (Å²) in [6.45, 7) is 3.00. The van der Waals surface area contributed by atoms with E-state index in [4.69, 9.17) is 4.74 Å². The van der Waals surface area contributed by atoms with Crippen LogP contribution in [0.2, 0.25) is 0 Å². The number of halogens is 1. The number of benzene rings is 1.